The minimum absolute atomic E-state index is 0.127. The predicted molar refractivity (Wildman–Crippen MR) is 139 cm³/mol. The summed E-state index contributed by atoms with van der Waals surface area (Å²) in [4.78, 5) is 5.25. The van der Waals surface area contributed by atoms with Crippen LogP contribution >= 0.6 is 7.92 Å². The molecule has 33 heavy (non-hydrogen) atoms. The Morgan fingerprint density at radius 1 is 0.788 bits per heavy atom. The largest absolute Gasteiger partial charge is 0.478 e. The maximum atomic E-state index is 6.46. The first-order valence-electron chi connectivity index (χ1n) is 12.3. The van der Waals surface area contributed by atoms with Crippen LogP contribution in [0.25, 0.3) is 0 Å². The van der Waals surface area contributed by atoms with Crippen molar-refractivity contribution in [3.63, 3.8) is 0 Å². The SMILES string of the molecule is CC1(C)C2C[C@H](P(c3ccccc3)c3ccccc3)[C@@H](C3=N[C@@H](c4ccccc4)CO3)[C@@H]1C2. The average Bonchev–Trinajstić information content (AvgIpc) is 3.36. The molecule has 3 aliphatic carbocycles. The number of hydrogen-bond donors (Lipinski definition) is 0. The Labute approximate surface area is 198 Å². The van der Waals surface area contributed by atoms with Gasteiger partial charge in [-0.25, -0.2) is 4.99 Å². The molecule has 3 aromatic carbocycles. The monoisotopic (exact) mass is 453 g/mol. The third-order valence-electron chi connectivity index (χ3n) is 8.46. The van der Waals surface area contributed by atoms with E-state index in [1.54, 1.807) is 0 Å². The van der Waals surface area contributed by atoms with Gasteiger partial charge >= 0.3 is 0 Å². The Balaban J connectivity index is 1.42. The summed E-state index contributed by atoms with van der Waals surface area (Å²) in [6.07, 6.45) is 2.58. The second kappa shape index (κ2) is 8.41. The summed E-state index contributed by atoms with van der Waals surface area (Å²) >= 11 is 0. The van der Waals surface area contributed by atoms with E-state index in [1.807, 2.05) is 0 Å². The van der Waals surface area contributed by atoms with E-state index < -0.39 is 7.92 Å². The first kappa shape index (κ1) is 21.1. The highest BCUT2D eigenvalue weighted by molar-refractivity contribution is 7.73. The van der Waals surface area contributed by atoms with Crippen LogP contribution in [0, 0.1) is 23.2 Å². The van der Waals surface area contributed by atoms with Crippen molar-refractivity contribution in [3.05, 3.63) is 96.6 Å². The van der Waals surface area contributed by atoms with E-state index in [0.29, 0.717) is 29.5 Å². The molecule has 0 N–H and O–H groups in total. The van der Waals surface area contributed by atoms with Crippen molar-refractivity contribution in [1.29, 1.82) is 0 Å². The van der Waals surface area contributed by atoms with Gasteiger partial charge in [-0.15, -0.1) is 0 Å². The Kier molecular flexibility index (Phi) is 5.38. The third kappa shape index (κ3) is 3.64. The van der Waals surface area contributed by atoms with E-state index in [2.05, 4.69) is 105 Å². The van der Waals surface area contributed by atoms with E-state index in [0.717, 1.165) is 11.8 Å². The van der Waals surface area contributed by atoms with Gasteiger partial charge in [0.05, 0.1) is 0 Å². The molecule has 0 saturated heterocycles. The van der Waals surface area contributed by atoms with Gasteiger partial charge in [0.15, 0.2) is 5.90 Å². The molecule has 0 radical (unpaired) electrons. The highest BCUT2D eigenvalue weighted by atomic mass is 31.1. The molecule has 3 saturated carbocycles. The standard InChI is InChI=1S/C30H32NOP/c1-30(2)22-18-25(30)28(29-31-26(20-32-29)21-12-6-3-7-13-21)27(19-22)33(23-14-8-4-9-15-23)24-16-10-5-11-17-24/h3-17,22,25-28H,18-20H2,1-2H3/t22?,25-,26+,27-,28-/m0/s1. The second-order valence-electron chi connectivity index (χ2n) is 10.4. The van der Waals surface area contributed by atoms with Crippen molar-refractivity contribution in [2.45, 2.75) is 38.4 Å². The Morgan fingerprint density at radius 2 is 1.36 bits per heavy atom. The van der Waals surface area contributed by atoms with Crippen LogP contribution in [0.15, 0.2) is 96.0 Å². The van der Waals surface area contributed by atoms with Crippen LogP contribution in [0.2, 0.25) is 0 Å². The van der Waals surface area contributed by atoms with Gasteiger partial charge in [-0.2, -0.15) is 0 Å². The zero-order valence-electron chi connectivity index (χ0n) is 19.5. The molecule has 1 heterocycles. The minimum atomic E-state index is -0.491. The number of hydrogen-bond acceptors (Lipinski definition) is 2. The number of rotatable bonds is 5. The second-order valence-corrected chi connectivity index (χ2v) is 12.9. The zero-order valence-corrected chi connectivity index (χ0v) is 20.4. The summed E-state index contributed by atoms with van der Waals surface area (Å²) in [5.41, 5.74) is 2.19. The fourth-order valence-electron chi connectivity index (χ4n) is 6.50. The molecule has 0 amide bonds. The predicted octanol–water partition coefficient (Wildman–Crippen LogP) is 6.34. The zero-order chi connectivity index (χ0) is 22.4. The maximum absolute atomic E-state index is 6.46. The van der Waals surface area contributed by atoms with Crippen LogP contribution in [-0.2, 0) is 4.74 Å². The van der Waals surface area contributed by atoms with Crippen LogP contribution < -0.4 is 10.6 Å². The molecule has 0 aromatic heterocycles. The molecule has 1 unspecified atom stereocenters. The third-order valence-corrected chi connectivity index (χ3v) is 11.4. The molecular weight excluding hydrogens is 421 g/mol. The van der Waals surface area contributed by atoms with Crippen LogP contribution in [0.3, 0.4) is 0 Å². The van der Waals surface area contributed by atoms with Crippen LogP contribution in [0.5, 0.6) is 0 Å². The minimum Gasteiger partial charge on any atom is -0.478 e. The highest BCUT2D eigenvalue weighted by Crippen LogP contribution is 2.67. The van der Waals surface area contributed by atoms with Crippen molar-refractivity contribution in [2.75, 3.05) is 6.61 Å². The molecule has 7 rings (SSSR count). The van der Waals surface area contributed by atoms with Crippen molar-refractivity contribution < 1.29 is 4.74 Å². The van der Waals surface area contributed by atoms with Gasteiger partial charge in [0.1, 0.15) is 12.6 Å². The van der Waals surface area contributed by atoms with Crippen molar-refractivity contribution >= 4 is 24.4 Å². The van der Waals surface area contributed by atoms with Crippen molar-refractivity contribution in [3.8, 4) is 0 Å². The molecule has 168 valence electrons. The molecular formula is C30H32NOP. The topological polar surface area (TPSA) is 21.6 Å². The summed E-state index contributed by atoms with van der Waals surface area (Å²) in [7, 11) is -0.491. The number of ether oxygens (including phenoxy) is 1. The molecule has 3 aromatic rings. The van der Waals surface area contributed by atoms with E-state index in [-0.39, 0.29) is 6.04 Å². The summed E-state index contributed by atoms with van der Waals surface area (Å²) in [5.74, 6) is 2.87. The van der Waals surface area contributed by atoms with Gasteiger partial charge in [0, 0.05) is 5.92 Å². The van der Waals surface area contributed by atoms with Crippen molar-refractivity contribution in [2.24, 2.45) is 28.2 Å². The Morgan fingerprint density at radius 3 is 1.94 bits per heavy atom. The van der Waals surface area contributed by atoms with E-state index in [4.69, 9.17) is 9.73 Å². The normalized spacial score (nSPS) is 29.8. The van der Waals surface area contributed by atoms with Gasteiger partial charge in [-0.05, 0) is 59.8 Å². The molecule has 2 bridgehead atoms. The van der Waals surface area contributed by atoms with Crippen LogP contribution in [0.4, 0.5) is 0 Å². The molecule has 4 aliphatic rings. The van der Waals surface area contributed by atoms with Gasteiger partial charge < -0.3 is 4.74 Å². The van der Waals surface area contributed by atoms with Gasteiger partial charge in [-0.3, -0.25) is 0 Å². The molecule has 3 heteroatoms. The first-order chi connectivity index (χ1) is 16.1. The highest BCUT2D eigenvalue weighted by Gasteiger charge is 2.61. The molecule has 5 atom stereocenters. The lowest BCUT2D eigenvalue weighted by atomic mass is 9.45. The molecule has 1 aliphatic heterocycles. The van der Waals surface area contributed by atoms with Crippen LogP contribution in [0.1, 0.15) is 38.3 Å². The smallest absolute Gasteiger partial charge is 0.188 e. The summed E-state index contributed by atoms with van der Waals surface area (Å²) in [6.45, 7) is 5.63. The fraction of sp³-hybridized carbons (Fsp3) is 0.367. The number of aliphatic imine (C=N–C) groups is 1. The summed E-state index contributed by atoms with van der Waals surface area (Å²) in [6, 6.07) is 33.2. The summed E-state index contributed by atoms with van der Waals surface area (Å²) < 4.78 is 6.46. The maximum Gasteiger partial charge on any atom is 0.188 e. The van der Waals surface area contributed by atoms with Crippen LogP contribution in [-0.4, -0.2) is 18.2 Å². The lowest BCUT2D eigenvalue weighted by molar-refractivity contribution is -0.0860. The molecule has 3 fully saturated rings. The first-order valence-corrected chi connectivity index (χ1v) is 13.7. The van der Waals surface area contributed by atoms with Gasteiger partial charge in [0.25, 0.3) is 0 Å². The summed E-state index contributed by atoms with van der Waals surface area (Å²) in [5, 5.41) is 2.96. The van der Waals surface area contributed by atoms with Gasteiger partial charge in [0.2, 0.25) is 0 Å². The number of fused-ring (bicyclic) bond motifs is 2. The van der Waals surface area contributed by atoms with Crippen molar-refractivity contribution in [1.82, 2.24) is 0 Å². The van der Waals surface area contributed by atoms with E-state index in [9.17, 15) is 0 Å². The quantitative estimate of drug-likeness (QED) is 0.413. The average molecular weight is 454 g/mol. The number of benzene rings is 3. The van der Waals surface area contributed by atoms with E-state index >= 15 is 0 Å². The molecule has 2 nitrogen and oxygen atoms in total. The fourth-order valence-corrected chi connectivity index (χ4v) is 9.68. The van der Waals surface area contributed by atoms with E-state index in [1.165, 1.54) is 29.0 Å². The number of nitrogens with zero attached hydrogens (tertiary/aromatic N) is 1. The lowest BCUT2D eigenvalue weighted by Gasteiger charge is -2.63. The Hall–Kier alpha value is -2.44. The van der Waals surface area contributed by atoms with Gasteiger partial charge in [-0.1, -0.05) is 105 Å². The molecule has 0 spiro atoms. The lowest BCUT2D eigenvalue weighted by Crippen LogP contribution is -2.59. The Bertz CT molecular complexity index is 1090.